The van der Waals surface area contributed by atoms with Crippen LogP contribution in [0.4, 0.5) is 5.69 Å². The van der Waals surface area contributed by atoms with E-state index in [9.17, 15) is 0 Å². The molecule has 0 unspecified atom stereocenters. The number of nitrogens with zero attached hydrogens (tertiary/aromatic N) is 3. The summed E-state index contributed by atoms with van der Waals surface area (Å²) in [4.78, 5) is 10.4. The molecule has 0 aliphatic carbocycles. The van der Waals surface area contributed by atoms with E-state index in [4.69, 9.17) is 4.98 Å². The minimum atomic E-state index is 0.173. The van der Waals surface area contributed by atoms with Crippen LogP contribution in [0.15, 0.2) is 18.2 Å². The molecule has 0 amide bonds. The van der Waals surface area contributed by atoms with Gasteiger partial charge in [0.2, 0.25) is 0 Å². The van der Waals surface area contributed by atoms with E-state index >= 15 is 0 Å². The highest BCUT2D eigenvalue weighted by molar-refractivity contribution is 5.86. The summed E-state index contributed by atoms with van der Waals surface area (Å²) in [5, 5.41) is 7.23. The molecule has 3 heterocycles. The number of anilines is 1. The van der Waals surface area contributed by atoms with Gasteiger partial charge in [-0.05, 0) is 30.7 Å². The number of benzene rings is 1. The van der Waals surface area contributed by atoms with E-state index in [-0.39, 0.29) is 5.41 Å². The minimum Gasteiger partial charge on any atom is -0.373 e. The quantitative estimate of drug-likeness (QED) is 0.721. The maximum atomic E-state index is 4.69. The highest BCUT2D eigenvalue weighted by Crippen LogP contribution is 2.41. The van der Waals surface area contributed by atoms with Crippen LogP contribution in [0.2, 0.25) is 0 Å². The first-order chi connectivity index (χ1) is 9.94. The molecule has 4 rings (SSSR count). The van der Waals surface area contributed by atoms with Gasteiger partial charge in [0.15, 0.2) is 5.82 Å². The molecule has 1 aromatic carbocycles. The summed E-state index contributed by atoms with van der Waals surface area (Å²) < 4.78 is 0. The van der Waals surface area contributed by atoms with Gasteiger partial charge in [-0.1, -0.05) is 13.8 Å². The maximum Gasteiger partial charge on any atom is 0.159 e. The van der Waals surface area contributed by atoms with Crippen molar-refractivity contribution >= 4 is 16.7 Å². The predicted octanol–water partition coefficient (Wildman–Crippen LogP) is 2.99. The Bertz CT molecular complexity index is 840. The second kappa shape index (κ2) is 3.87. The number of aromatic amines is 2. The van der Waals surface area contributed by atoms with Crippen LogP contribution in [-0.4, -0.2) is 33.8 Å². The Morgan fingerprint density at radius 2 is 2.05 bits per heavy atom. The highest BCUT2D eigenvalue weighted by atomic mass is 15.1. The maximum absolute atomic E-state index is 4.69. The van der Waals surface area contributed by atoms with E-state index in [1.54, 1.807) is 0 Å². The third-order valence-corrected chi connectivity index (χ3v) is 4.32. The van der Waals surface area contributed by atoms with Gasteiger partial charge in [0.1, 0.15) is 5.69 Å². The largest absolute Gasteiger partial charge is 0.373 e. The van der Waals surface area contributed by atoms with E-state index in [2.05, 4.69) is 53.1 Å². The lowest BCUT2D eigenvalue weighted by molar-refractivity contribution is 0.563. The van der Waals surface area contributed by atoms with E-state index in [0.29, 0.717) is 0 Å². The lowest BCUT2D eigenvalue weighted by Crippen LogP contribution is -2.24. The van der Waals surface area contributed by atoms with Crippen LogP contribution in [0, 0.1) is 6.92 Å². The van der Waals surface area contributed by atoms with Crippen molar-refractivity contribution in [3.05, 3.63) is 29.5 Å². The fraction of sp³-hybridized carbons (Fsp3) is 0.375. The van der Waals surface area contributed by atoms with Crippen LogP contribution in [-0.2, 0) is 5.41 Å². The van der Waals surface area contributed by atoms with E-state index in [1.165, 1.54) is 11.3 Å². The Morgan fingerprint density at radius 1 is 1.24 bits per heavy atom. The molecule has 0 saturated heterocycles. The molecule has 3 aromatic rings. The zero-order chi connectivity index (χ0) is 14.8. The molecule has 0 fully saturated rings. The van der Waals surface area contributed by atoms with Crippen molar-refractivity contribution in [2.75, 3.05) is 18.5 Å². The fourth-order valence-corrected chi connectivity index (χ4v) is 3.33. The first-order valence-corrected chi connectivity index (χ1v) is 7.22. The zero-order valence-electron chi connectivity index (χ0n) is 12.8. The molecule has 2 aromatic heterocycles. The number of aryl methyl sites for hydroxylation is 1. The lowest BCUT2D eigenvalue weighted by Gasteiger charge is -2.18. The van der Waals surface area contributed by atoms with Crippen LogP contribution in [0.25, 0.3) is 22.6 Å². The van der Waals surface area contributed by atoms with Gasteiger partial charge in [-0.3, -0.25) is 5.10 Å². The van der Waals surface area contributed by atoms with Crippen LogP contribution in [0.5, 0.6) is 0 Å². The van der Waals surface area contributed by atoms with Crippen molar-refractivity contribution < 1.29 is 0 Å². The van der Waals surface area contributed by atoms with Crippen molar-refractivity contribution in [1.82, 2.24) is 20.2 Å². The summed E-state index contributed by atoms with van der Waals surface area (Å²) in [6, 6.07) is 6.42. The summed E-state index contributed by atoms with van der Waals surface area (Å²) >= 11 is 0. The Kier molecular flexibility index (Phi) is 2.29. The van der Waals surface area contributed by atoms with Crippen LogP contribution in [0.3, 0.4) is 0 Å². The third-order valence-electron chi connectivity index (χ3n) is 4.32. The molecule has 5 heteroatoms. The Morgan fingerprint density at radius 3 is 2.76 bits per heavy atom. The van der Waals surface area contributed by atoms with Crippen molar-refractivity contribution in [2.24, 2.45) is 0 Å². The molecule has 21 heavy (non-hydrogen) atoms. The van der Waals surface area contributed by atoms with Crippen molar-refractivity contribution in [3.63, 3.8) is 0 Å². The molecule has 0 saturated carbocycles. The molecule has 0 spiro atoms. The van der Waals surface area contributed by atoms with Gasteiger partial charge in [0.25, 0.3) is 0 Å². The number of rotatable bonds is 1. The highest BCUT2D eigenvalue weighted by Gasteiger charge is 2.33. The summed E-state index contributed by atoms with van der Waals surface area (Å²) in [5.41, 5.74) is 6.80. The van der Waals surface area contributed by atoms with Gasteiger partial charge in [-0.2, -0.15) is 5.10 Å². The number of likely N-dealkylation sites (N-methyl/N-ethyl adjacent to an activating group) is 1. The Labute approximate surface area is 123 Å². The van der Waals surface area contributed by atoms with Crippen LogP contribution in [0.1, 0.15) is 25.1 Å². The molecule has 2 N–H and O–H groups in total. The molecule has 5 nitrogen and oxygen atoms in total. The topological polar surface area (TPSA) is 60.6 Å². The SMILES string of the molecule is Cc1cc(-c2nc3cc4c(cc3[nH]2)C(C)(C)CN4C)n[nH]1. The van der Waals surface area contributed by atoms with Crippen LogP contribution < -0.4 is 4.90 Å². The van der Waals surface area contributed by atoms with Gasteiger partial charge in [-0.15, -0.1) is 0 Å². The minimum absolute atomic E-state index is 0.173. The normalized spacial score (nSPS) is 16.7. The number of nitrogens with one attached hydrogen (secondary N) is 2. The van der Waals surface area contributed by atoms with Gasteiger partial charge in [0.05, 0.1) is 11.0 Å². The second-order valence-electron chi connectivity index (χ2n) is 6.65. The monoisotopic (exact) mass is 281 g/mol. The first kappa shape index (κ1) is 12.4. The van der Waals surface area contributed by atoms with E-state index in [1.807, 2.05) is 13.0 Å². The van der Waals surface area contributed by atoms with Crippen LogP contribution >= 0.6 is 0 Å². The molecule has 108 valence electrons. The zero-order valence-corrected chi connectivity index (χ0v) is 12.8. The summed E-state index contributed by atoms with van der Waals surface area (Å²) in [7, 11) is 2.14. The van der Waals surface area contributed by atoms with Crippen molar-refractivity contribution in [2.45, 2.75) is 26.2 Å². The fourth-order valence-electron chi connectivity index (χ4n) is 3.33. The molecule has 1 aliphatic heterocycles. The van der Waals surface area contributed by atoms with Crippen molar-refractivity contribution in [3.8, 4) is 11.5 Å². The van der Waals surface area contributed by atoms with E-state index in [0.717, 1.165) is 34.8 Å². The number of imidazole rings is 1. The molecule has 0 atom stereocenters. The van der Waals surface area contributed by atoms with Gasteiger partial charge in [0, 0.05) is 30.4 Å². The first-order valence-electron chi connectivity index (χ1n) is 7.22. The van der Waals surface area contributed by atoms with Gasteiger partial charge < -0.3 is 9.88 Å². The van der Waals surface area contributed by atoms with Gasteiger partial charge in [-0.25, -0.2) is 4.98 Å². The van der Waals surface area contributed by atoms with E-state index < -0.39 is 0 Å². The third kappa shape index (κ3) is 1.77. The predicted molar refractivity (Wildman–Crippen MR) is 84.7 cm³/mol. The number of aromatic nitrogens is 4. The average molecular weight is 281 g/mol. The number of hydrogen-bond acceptors (Lipinski definition) is 3. The number of fused-ring (bicyclic) bond motifs is 2. The second-order valence-corrected chi connectivity index (χ2v) is 6.65. The summed E-state index contributed by atoms with van der Waals surface area (Å²) in [5.74, 6) is 0.818. The van der Waals surface area contributed by atoms with Crippen molar-refractivity contribution in [1.29, 1.82) is 0 Å². The molecular formula is C16H19N5. The average Bonchev–Trinajstić information content (AvgIpc) is 3.05. The number of H-pyrrole nitrogens is 2. The molecule has 0 bridgehead atoms. The molecular weight excluding hydrogens is 262 g/mol. The summed E-state index contributed by atoms with van der Waals surface area (Å²) in [6.07, 6.45) is 0. The molecule has 1 aliphatic rings. The Hall–Kier alpha value is -2.30. The standard InChI is InChI=1S/C16H19N5/c1-9-5-13(20-19-9)15-17-11-6-10-14(7-12(11)18-15)21(4)8-16(10,2)3/h5-7H,8H2,1-4H3,(H,17,18)(H,19,20). The van der Waals surface area contributed by atoms with Gasteiger partial charge >= 0.3 is 0 Å². The lowest BCUT2D eigenvalue weighted by atomic mass is 9.87. The summed E-state index contributed by atoms with van der Waals surface area (Å²) in [6.45, 7) is 7.61. The smallest absolute Gasteiger partial charge is 0.159 e. The molecule has 0 radical (unpaired) electrons. The Balaban J connectivity index is 1.90. The number of hydrogen-bond donors (Lipinski definition) is 2.